The molecule has 0 spiro atoms. The Bertz CT molecular complexity index is 497. The van der Waals surface area contributed by atoms with Crippen LogP contribution in [0.1, 0.15) is 25.5 Å². The molecule has 1 amide bonds. The van der Waals surface area contributed by atoms with Crippen molar-refractivity contribution in [3.05, 3.63) is 23.8 Å². The van der Waals surface area contributed by atoms with Gasteiger partial charge in [-0.1, -0.05) is 6.07 Å². The van der Waals surface area contributed by atoms with Gasteiger partial charge in [-0.05, 0) is 24.6 Å². The Morgan fingerprint density at radius 3 is 2.85 bits per heavy atom. The average Bonchev–Trinajstić information content (AvgIpc) is 2.42. The molecule has 0 aliphatic rings. The van der Waals surface area contributed by atoms with Gasteiger partial charge in [0.2, 0.25) is 5.91 Å². The molecular weight excluding hydrogens is 258 g/mol. The minimum atomic E-state index is -0.524. The molecule has 1 atom stereocenters. The summed E-state index contributed by atoms with van der Waals surface area (Å²) in [5.41, 5.74) is 0.705. The molecule has 6 nitrogen and oxygen atoms in total. The molecule has 6 heteroatoms. The van der Waals surface area contributed by atoms with Gasteiger partial charge in [0.15, 0.2) is 11.5 Å². The van der Waals surface area contributed by atoms with E-state index in [0.29, 0.717) is 31.0 Å². The molecule has 1 unspecified atom stereocenters. The number of benzene rings is 1. The van der Waals surface area contributed by atoms with E-state index in [0.717, 1.165) is 0 Å². The highest BCUT2D eigenvalue weighted by atomic mass is 16.5. The van der Waals surface area contributed by atoms with Crippen LogP contribution in [0.2, 0.25) is 0 Å². The van der Waals surface area contributed by atoms with Crippen molar-refractivity contribution in [2.45, 2.75) is 19.9 Å². The molecular formula is C14H19N3O3. The highest BCUT2D eigenvalue weighted by Gasteiger charge is 2.12. The van der Waals surface area contributed by atoms with Crippen LogP contribution in [0, 0.1) is 11.3 Å². The van der Waals surface area contributed by atoms with Gasteiger partial charge in [-0.2, -0.15) is 5.26 Å². The van der Waals surface area contributed by atoms with Crippen LogP contribution in [-0.4, -0.2) is 30.7 Å². The maximum Gasteiger partial charge on any atom is 0.216 e. The zero-order valence-electron chi connectivity index (χ0n) is 11.6. The Hall–Kier alpha value is -2.26. The number of nitrogens with zero attached hydrogens (tertiary/aromatic N) is 1. The first-order valence-corrected chi connectivity index (χ1v) is 6.41. The predicted octanol–water partition coefficient (Wildman–Crippen LogP) is 1.08. The molecule has 1 rings (SSSR count). The van der Waals surface area contributed by atoms with Crippen molar-refractivity contribution >= 4 is 5.91 Å². The van der Waals surface area contributed by atoms with Crippen LogP contribution in [0.25, 0.3) is 0 Å². The van der Waals surface area contributed by atoms with Crippen LogP contribution in [0.4, 0.5) is 0 Å². The fraction of sp³-hybridized carbons (Fsp3) is 0.429. The number of carbonyl (C=O) groups is 1. The summed E-state index contributed by atoms with van der Waals surface area (Å²) in [6.45, 7) is 4.62. The third kappa shape index (κ3) is 4.78. The monoisotopic (exact) mass is 277 g/mol. The van der Waals surface area contributed by atoms with E-state index >= 15 is 0 Å². The molecule has 1 aromatic carbocycles. The molecule has 1 aromatic rings. The first-order chi connectivity index (χ1) is 9.58. The van der Waals surface area contributed by atoms with Gasteiger partial charge in [0, 0.05) is 20.0 Å². The number of phenolic OH excluding ortho intramolecular Hbond substituents is 1. The van der Waals surface area contributed by atoms with Gasteiger partial charge in [0.05, 0.1) is 12.7 Å². The summed E-state index contributed by atoms with van der Waals surface area (Å²) in [4.78, 5) is 10.7. The summed E-state index contributed by atoms with van der Waals surface area (Å²) in [6, 6.07) is 6.41. The minimum Gasteiger partial charge on any atom is -0.504 e. The summed E-state index contributed by atoms with van der Waals surface area (Å²) in [6.07, 6.45) is 0. The maximum atomic E-state index is 10.7. The molecule has 0 aromatic heterocycles. The number of carbonyl (C=O) groups excluding carboxylic acids is 1. The Kier molecular flexibility index (Phi) is 6.33. The van der Waals surface area contributed by atoms with E-state index in [1.807, 2.05) is 6.92 Å². The van der Waals surface area contributed by atoms with Gasteiger partial charge in [-0.3, -0.25) is 10.1 Å². The second-order valence-corrected chi connectivity index (χ2v) is 4.16. The largest absolute Gasteiger partial charge is 0.504 e. The Morgan fingerprint density at radius 1 is 1.50 bits per heavy atom. The quantitative estimate of drug-likeness (QED) is 0.648. The number of nitriles is 1. The molecule has 3 N–H and O–H groups in total. The number of hydrogen-bond acceptors (Lipinski definition) is 5. The number of nitrogens with one attached hydrogen (secondary N) is 2. The van der Waals surface area contributed by atoms with E-state index in [1.165, 1.54) is 13.0 Å². The van der Waals surface area contributed by atoms with E-state index in [4.69, 9.17) is 4.74 Å². The Balaban J connectivity index is 2.67. The van der Waals surface area contributed by atoms with Gasteiger partial charge in [0.1, 0.15) is 6.04 Å². The van der Waals surface area contributed by atoms with Crippen LogP contribution in [-0.2, 0) is 4.79 Å². The average molecular weight is 277 g/mol. The van der Waals surface area contributed by atoms with Crippen molar-refractivity contribution in [3.63, 3.8) is 0 Å². The van der Waals surface area contributed by atoms with Crippen LogP contribution < -0.4 is 15.4 Å². The molecule has 0 bridgehead atoms. The first-order valence-electron chi connectivity index (χ1n) is 6.41. The maximum absolute atomic E-state index is 10.7. The summed E-state index contributed by atoms with van der Waals surface area (Å²) in [7, 11) is 0. The molecule has 0 fully saturated rings. The fourth-order valence-electron chi connectivity index (χ4n) is 1.67. The topological polar surface area (TPSA) is 94.4 Å². The summed E-state index contributed by atoms with van der Waals surface area (Å²) >= 11 is 0. The highest BCUT2D eigenvalue weighted by Crippen LogP contribution is 2.29. The van der Waals surface area contributed by atoms with E-state index in [2.05, 4.69) is 16.7 Å². The molecule has 20 heavy (non-hydrogen) atoms. The van der Waals surface area contributed by atoms with Crippen LogP contribution >= 0.6 is 0 Å². The second-order valence-electron chi connectivity index (χ2n) is 4.16. The van der Waals surface area contributed by atoms with Crippen molar-refractivity contribution in [3.8, 4) is 17.6 Å². The summed E-state index contributed by atoms with van der Waals surface area (Å²) < 4.78 is 5.28. The lowest BCUT2D eigenvalue weighted by Crippen LogP contribution is -2.32. The van der Waals surface area contributed by atoms with Crippen molar-refractivity contribution in [1.82, 2.24) is 10.6 Å². The number of rotatable bonds is 7. The van der Waals surface area contributed by atoms with Crippen molar-refractivity contribution in [1.29, 1.82) is 5.26 Å². The predicted molar refractivity (Wildman–Crippen MR) is 74.3 cm³/mol. The van der Waals surface area contributed by atoms with Gasteiger partial charge >= 0.3 is 0 Å². The molecule has 0 radical (unpaired) electrons. The van der Waals surface area contributed by atoms with Crippen molar-refractivity contribution < 1.29 is 14.6 Å². The van der Waals surface area contributed by atoms with Gasteiger partial charge in [0.25, 0.3) is 0 Å². The lowest BCUT2D eigenvalue weighted by Gasteiger charge is -2.14. The van der Waals surface area contributed by atoms with Crippen LogP contribution in [0.15, 0.2) is 18.2 Å². The lowest BCUT2D eigenvalue weighted by molar-refractivity contribution is -0.118. The van der Waals surface area contributed by atoms with Gasteiger partial charge in [-0.15, -0.1) is 0 Å². The third-order valence-electron chi connectivity index (χ3n) is 2.59. The first kappa shape index (κ1) is 15.8. The Morgan fingerprint density at radius 2 is 2.25 bits per heavy atom. The molecule has 0 saturated carbocycles. The zero-order chi connectivity index (χ0) is 15.0. The van der Waals surface area contributed by atoms with E-state index < -0.39 is 6.04 Å². The molecule has 0 aliphatic heterocycles. The van der Waals surface area contributed by atoms with E-state index in [9.17, 15) is 15.2 Å². The SMILES string of the molecule is CCOc1cc(C(C#N)NCCNC(C)=O)ccc1O. The standard InChI is InChI=1S/C14H19N3O3/c1-3-20-14-8-11(4-5-13(14)19)12(9-15)17-7-6-16-10(2)18/h4-5,8,12,17,19H,3,6-7H2,1-2H3,(H,16,18). The number of hydrogen-bond donors (Lipinski definition) is 3. The van der Waals surface area contributed by atoms with Gasteiger partial charge < -0.3 is 15.2 Å². The molecule has 0 saturated heterocycles. The molecule has 108 valence electrons. The number of ether oxygens (including phenoxy) is 1. The van der Waals surface area contributed by atoms with E-state index in [1.54, 1.807) is 12.1 Å². The van der Waals surface area contributed by atoms with Crippen LogP contribution in [0.3, 0.4) is 0 Å². The molecule has 0 heterocycles. The fourth-order valence-corrected chi connectivity index (χ4v) is 1.67. The zero-order valence-corrected chi connectivity index (χ0v) is 11.6. The van der Waals surface area contributed by atoms with Crippen molar-refractivity contribution in [2.24, 2.45) is 0 Å². The van der Waals surface area contributed by atoms with E-state index in [-0.39, 0.29) is 11.7 Å². The second kappa shape index (κ2) is 8.02. The normalized spacial score (nSPS) is 11.4. The third-order valence-corrected chi connectivity index (χ3v) is 2.59. The highest BCUT2D eigenvalue weighted by molar-refractivity contribution is 5.72. The Labute approximate surface area is 118 Å². The number of amides is 1. The van der Waals surface area contributed by atoms with Crippen molar-refractivity contribution in [2.75, 3.05) is 19.7 Å². The van der Waals surface area contributed by atoms with Crippen LogP contribution in [0.5, 0.6) is 11.5 Å². The minimum absolute atomic E-state index is 0.0468. The van der Waals surface area contributed by atoms with Gasteiger partial charge in [-0.25, -0.2) is 0 Å². The number of phenols is 1. The summed E-state index contributed by atoms with van der Waals surface area (Å²) in [5.74, 6) is 0.294. The molecule has 0 aliphatic carbocycles. The lowest BCUT2D eigenvalue weighted by atomic mass is 10.1. The number of aromatic hydroxyl groups is 1. The smallest absolute Gasteiger partial charge is 0.216 e. The summed E-state index contributed by atoms with van der Waals surface area (Å²) in [5, 5.41) is 24.5.